The van der Waals surface area contributed by atoms with Crippen LogP contribution in [0.2, 0.25) is 0 Å². The van der Waals surface area contributed by atoms with Crippen LogP contribution in [0.4, 0.5) is 11.5 Å². The van der Waals surface area contributed by atoms with Gasteiger partial charge in [0, 0.05) is 32.5 Å². The average molecular weight is 360 g/mol. The van der Waals surface area contributed by atoms with Gasteiger partial charge in [0.2, 0.25) is 10.0 Å². The minimum absolute atomic E-state index is 0.124. The van der Waals surface area contributed by atoms with E-state index in [1.54, 1.807) is 38.4 Å². The number of nitrogens with one attached hydrogen (secondary N) is 2. The van der Waals surface area contributed by atoms with E-state index in [1.807, 2.05) is 0 Å². The molecule has 1 aromatic carbocycles. The summed E-state index contributed by atoms with van der Waals surface area (Å²) in [5, 5.41) is 3.05. The predicted octanol–water partition coefficient (Wildman–Crippen LogP) is 1.99. The number of anilines is 2. The maximum atomic E-state index is 12.0. The maximum absolute atomic E-state index is 12.0. The molecule has 0 aliphatic heterocycles. The van der Waals surface area contributed by atoms with Gasteiger partial charge in [0.15, 0.2) is 0 Å². The number of sulfonamides is 1. The Bertz CT molecular complexity index is 844. The minimum Gasteiger partial charge on any atom is -0.345 e. The van der Waals surface area contributed by atoms with Crippen LogP contribution in [0, 0.1) is 0 Å². The summed E-state index contributed by atoms with van der Waals surface area (Å²) >= 11 is 0. The standard InChI is InChI=1S/C17H20N4O3S/c1-4-11-19-25(23,24)15-8-6-14(7-9-15)20-16-10-5-13(12-18-16)17(22)21(2)3/h4-10,12,19H,1,11H2,2-3H3,(H,18,20). The van der Waals surface area contributed by atoms with E-state index in [-0.39, 0.29) is 17.3 Å². The number of hydrogen-bond donors (Lipinski definition) is 2. The molecule has 0 atom stereocenters. The van der Waals surface area contributed by atoms with Gasteiger partial charge in [0.05, 0.1) is 10.5 Å². The zero-order valence-corrected chi connectivity index (χ0v) is 14.9. The molecular formula is C17H20N4O3S. The van der Waals surface area contributed by atoms with Crippen LogP contribution in [-0.4, -0.2) is 44.8 Å². The number of hydrogen-bond acceptors (Lipinski definition) is 5. The van der Waals surface area contributed by atoms with Gasteiger partial charge in [0.1, 0.15) is 5.82 Å². The van der Waals surface area contributed by atoms with E-state index in [1.165, 1.54) is 29.3 Å². The second-order valence-corrected chi connectivity index (χ2v) is 7.19. The summed E-state index contributed by atoms with van der Waals surface area (Å²) in [7, 11) is -0.193. The van der Waals surface area contributed by atoms with Crippen molar-refractivity contribution in [2.45, 2.75) is 4.90 Å². The van der Waals surface area contributed by atoms with Gasteiger partial charge in [-0.15, -0.1) is 6.58 Å². The molecule has 0 saturated heterocycles. The van der Waals surface area contributed by atoms with Crippen LogP contribution in [0.5, 0.6) is 0 Å². The Morgan fingerprint density at radius 3 is 2.40 bits per heavy atom. The molecule has 0 unspecified atom stereocenters. The Hall–Kier alpha value is -2.71. The van der Waals surface area contributed by atoms with Crippen molar-refractivity contribution in [2.75, 3.05) is 26.0 Å². The highest BCUT2D eigenvalue weighted by Gasteiger charge is 2.12. The fourth-order valence-electron chi connectivity index (χ4n) is 1.97. The lowest BCUT2D eigenvalue weighted by Gasteiger charge is -2.11. The minimum atomic E-state index is -3.54. The number of aromatic nitrogens is 1. The molecule has 2 N–H and O–H groups in total. The monoisotopic (exact) mass is 360 g/mol. The van der Waals surface area contributed by atoms with Crippen molar-refractivity contribution in [3.8, 4) is 0 Å². The van der Waals surface area contributed by atoms with Crippen LogP contribution in [0.3, 0.4) is 0 Å². The molecule has 8 heteroatoms. The number of carbonyl (C=O) groups is 1. The molecule has 25 heavy (non-hydrogen) atoms. The normalized spacial score (nSPS) is 11.0. The van der Waals surface area contributed by atoms with E-state index in [2.05, 4.69) is 21.6 Å². The van der Waals surface area contributed by atoms with Gasteiger partial charge in [-0.2, -0.15) is 0 Å². The summed E-state index contributed by atoms with van der Waals surface area (Å²) in [5.74, 6) is 0.427. The van der Waals surface area contributed by atoms with Gasteiger partial charge >= 0.3 is 0 Å². The molecule has 0 bridgehead atoms. The summed E-state index contributed by atoms with van der Waals surface area (Å²) in [6.07, 6.45) is 2.96. The van der Waals surface area contributed by atoms with Crippen molar-refractivity contribution in [1.82, 2.24) is 14.6 Å². The van der Waals surface area contributed by atoms with Crippen molar-refractivity contribution in [3.05, 3.63) is 60.8 Å². The summed E-state index contributed by atoms with van der Waals surface area (Å²) < 4.78 is 26.4. The third-order valence-electron chi connectivity index (χ3n) is 3.27. The second-order valence-electron chi connectivity index (χ2n) is 5.42. The van der Waals surface area contributed by atoms with Gasteiger partial charge in [-0.05, 0) is 36.4 Å². The van der Waals surface area contributed by atoms with E-state index in [9.17, 15) is 13.2 Å². The number of benzene rings is 1. The fourth-order valence-corrected chi connectivity index (χ4v) is 2.97. The van der Waals surface area contributed by atoms with Crippen molar-refractivity contribution >= 4 is 27.4 Å². The Labute approximate surface area is 147 Å². The quantitative estimate of drug-likeness (QED) is 0.737. The molecule has 0 aliphatic rings. The summed E-state index contributed by atoms with van der Waals surface area (Å²) in [6, 6.07) is 9.64. The van der Waals surface area contributed by atoms with Crippen LogP contribution in [0.1, 0.15) is 10.4 Å². The first kappa shape index (κ1) is 18.6. The van der Waals surface area contributed by atoms with Crippen LogP contribution < -0.4 is 10.0 Å². The zero-order chi connectivity index (χ0) is 18.4. The molecule has 7 nitrogen and oxygen atoms in total. The highest BCUT2D eigenvalue weighted by molar-refractivity contribution is 7.89. The molecule has 0 saturated carbocycles. The third-order valence-corrected chi connectivity index (χ3v) is 4.71. The maximum Gasteiger partial charge on any atom is 0.254 e. The van der Waals surface area contributed by atoms with Crippen LogP contribution >= 0.6 is 0 Å². The van der Waals surface area contributed by atoms with E-state index in [0.717, 1.165) is 0 Å². The molecule has 0 aliphatic carbocycles. The van der Waals surface area contributed by atoms with Crippen LogP contribution in [0.15, 0.2) is 60.1 Å². The van der Waals surface area contributed by atoms with Crippen molar-refractivity contribution in [3.63, 3.8) is 0 Å². The van der Waals surface area contributed by atoms with Gasteiger partial charge in [-0.25, -0.2) is 18.1 Å². The Morgan fingerprint density at radius 1 is 1.20 bits per heavy atom. The molecule has 0 spiro atoms. The second kappa shape index (κ2) is 7.91. The number of rotatable bonds is 7. The summed E-state index contributed by atoms with van der Waals surface area (Å²) in [5.41, 5.74) is 1.17. The molecule has 2 aromatic rings. The largest absolute Gasteiger partial charge is 0.345 e. The molecule has 132 valence electrons. The van der Waals surface area contributed by atoms with Crippen LogP contribution in [0.25, 0.3) is 0 Å². The lowest BCUT2D eigenvalue weighted by Crippen LogP contribution is -2.23. The predicted molar refractivity (Wildman–Crippen MR) is 97.4 cm³/mol. The smallest absolute Gasteiger partial charge is 0.254 e. The van der Waals surface area contributed by atoms with Gasteiger partial charge in [-0.3, -0.25) is 4.79 Å². The summed E-state index contributed by atoms with van der Waals surface area (Å²) in [4.78, 5) is 17.6. The fraction of sp³-hybridized carbons (Fsp3) is 0.176. The van der Waals surface area contributed by atoms with Gasteiger partial charge in [-0.1, -0.05) is 6.08 Å². The highest BCUT2D eigenvalue weighted by Crippen LogP contribution is 2.18. The average Bonchev–Trinajstić information content (AvgIpc) is 2.60. The lowest BCUT2D eigenvalue weighted by atomic mass is 10.2. The van der Waals surface area contributed by atoms with Gasteiger partial charge in [0.25, 0.3) is 5.91 Å². The van der Waals surface area contributed by atoms with Crippen LogP contribution in [-0.2, 0) is 10.0 Å². The number of nitrogens with zero attached hydrogens (tertiary/aromatic N) is 2. The SMILES string of the molecule is C=CCNS(=O)(=O)c1ccc(Nc2ccc(C(=O)N(C)C)cn2)cc1. The Balaban J connectivity index is 2.09. The molecular weight excluding hydrogens is 340 g/mol. The number of carbonyl (C=O) groups excluding carboxylic acids is 1. The van der Waals surface area contributed by atoms with E-state index in [4.69, 9.17) is 0 Å². The first-order chi connectivity index (χ1) is 11.8. The topological polar surface area (TPSA) is 91.4 Å². The third kappa shape index (κ3) is 4.88. The first-order valence-corrected chi connectivity index (χ1v) is 8.97. The number of pyridine rings is 1. The van der Waals surface area contributed by atoms with Crippen molar-refractivity contribution in [2.24, 2.45) is 0 Å². The molecule has 1 amide bonds. The van der Waals surface area contributed by atoms with Crippen molar-refractivity contribution in [1.29, 1.82) is 0 Å². The van der Waals surface area contributed by atoms with E-state index in [0.29, 0.717) is 17.1 Å². The van der Waals surface area contributed by atoms with E-state index < -0.39 is 10.0 Å². The van der Waals surface area contributed by atoms with Crippen molar-refractivity contribution < 1.29 is 13.2 Å². The molecule has 1 aromatic heterocycles. The first-order valence-electron chi connectivity index (χ1n) is 7.49. The lowest BCUT2D eigenvalue weighted by molar-refractivity contribution is 0.0827. The number of amides is 1. The Morgan fingerprint density at radius 2 is 1.88 bits per heavy atom. The molecule has 1 heterocycles. The highest BCUT2D eigenvalue weighted by atomic mass is 32.2. The molecule has 2 rings (SSSR count). The zero-order valence-electron chi connectivity index (χ0n) is 14.1. The molecule has 0 fully saturated rings. The van der Waals surface area contributed by atoms with E-state index >= 15 is 0 Å². The molecule has 0 radical (unpaired) electrons. The Kier molecular flexibility index (Phi) is 5.89. The summed E-state index contributed by atoms with van der Waals surface area (Å²) in [6.45, 7) is 3.65. The van der Waals surface area contributed by atoms with Gasteiger partial charge < -0.3 is 10.2 Å².